The maximum Gasteiger partial charge on any atom is 0.0598 e. The minimum Gasteiger partial charge on any atom is -0.395 e. The van der Waals surface area contributed by atoms with Crippen molar-refractivity contribution < 1.29 is 10.2 Å². The predicted molar refractivity (Wildman–Crippen MR) is 57.1 cm³/mol. The molecule has 0 aromatic rings. The molecule has 1 heterocycles. The van der Waals surface area contributed by atoms with E-state index in [2.05, 4.69) is 32.6 Å². The fourth-order valence-corrected chi connectivity index (χ4v) is 2.59. The summed E-state index contributed by atoms with van der Waals surface area (Å²) in [6.45, 7) is 9.36. The van der Waals surface area contributed by atoms with Crippen LogP contribution in [-0.4, -0.2) is 45.9 Å². The van der Waals surface area contributed by atoms with Gasteiger partial charge in [-0.2, -0.15) is 0 Å². The average Bonchev–Trinajstić information content (AvgIpc) is 2.08. The van der Waals surface area contributed by atoms with E-state index < -0.39 is 0 Å². The van der Waals surface area contributed by atoms with Crippen molar-refractivity contribution in [2.75, 3.05) is 13.2 Å². The fraction of sp³-hybridized carbons (Fsp3) is 1.00. The summed E-state index contributed by atoms with van der Waals surface area (Å²) in [5.41, 5.74) is -0.00588. The Morgan fingerprint density at radius 3 is 2.43 bits per heavy atom. The molecule has 0 aromatic heterocycles. The summed E-state index contributed by atoms with van der Waals surface area (Å²) >= 11 is 0. The quantitative estimate of drug-likeness (QED) is 0.696. The SMILES string of the molecule is CC1C(O)CC(C)(C)N(CCO)C1C. The Kier molecular flexibility index (Phi) is 3.56. The van der Waals surface area contributed by atoms with Crippen molar-refractivity contribution in [3.8, 4) is 0 Å². The Morgan fingerprint density at radius 2 is 1.93 bits per heavy atom. The van der Waals surface area contributed by atoms with Crippen LogP contribution in [0, 0.1) is 5.92 Å². The highest BCUT2D eigenvalue weighted by Gasteiger charge is 2.41. The number of likely N-dealkylation sites (tertiary alicyclic amines) is 1. The molecule has 3 atom stereocenters. The molecule has 0 amide bonds. The van der Waals surface area contributed by atoms with Crippen LogP contribution < -0.4 is 0 Å². The van der Waals surface area contributed by atoms with Gasteiger partial charge in [-0.05, 0) is 33.1 Å². The molecule has 1 aliphatic heterocycles. The summed E-state index contributed by atoms with van der Waals surface area (Å²) in [4.78, 5) is 2.30. The number of nitrogens with zero attached hydrogens (tertiary/aromatic N) is 1. The fourth-order valence-electron chi connectivity index (χ4n) is 2.59. The number of rotatable bonds is 2. The molecular weight excluding hydrogens is 178 g/mol. The average molecular weight is 201 g/mol. The number of piperidine rings is 1. The van der Waals surface area contributed by atoms with Crippen LogP contribution in [0.15, 0.2) is 0 Å². The minimum absolute atomic E-state index is 0.00588. The molecule has 2 N–H and O–H groups in total. The van der Waals surface area contributed by atoms with Crippen LogP contribution in [0.2, 0.25) is 0 Å². The monoisotopic (exact) mass is 201 g/mol. The number of β-amino-alcohol motifs (C(OH)–C–C–N with tert-alkyl or cyclic N) is 1. The van der Waals surface area contributed by atoms with E-state index in [-0.39, 0.29) is 24.2 Å². The van der Waals surface area contributed by atoms with Crippen LogP contribution in [0.1, 0.15) is 34.1 Å². The normalized spacial score (nSPS) is 38.6. The maximum atomic E-state index is 9.88. The van der Waals surface area contributed by atoms with Crippen LogP contribution >= 0.6 is 0 Å². The summed E-state index contributed by atoms with van der Waals surface area (Å²) in [5.74, 6) is 0.287. The van der Waals surface area contributed by atoms with E-state index in [1.165, 1.54) is 0 Å². The predicted octanol–water partition coefficient (Wildman–Crippen LogP) is 0.848. The molecular formula is C11H23NO2. The number of aliphatic hydroxyl groups excluding tert-OH is 2. The highest BCUT2D eigenvalue weighted by atomic mass is 16.3. The molecule has 3 heteroatoms. The zero-order valence-corrected chi connectivity index (χ0v) is 9.70. The van der Waals surface area contributed by atoms with Crippen LogP contribution in [0.5, 0.6) is 0 Å². The zero-order valence-electron chi connectivity index (χ0n) is 9.70. The van der Waals surface area contributed by atoms with Gasteiger partial charge in [0.2, 0.25) is 0 Å². The van der Waals surface area contributed by atoms with E-state index in [0.29, 0.717) is 12.6 Å². The van der Waals surface area contributed by atoms with E-state index in [4.69, 9.17) is 5.11 Å². The van der Waals surface area contributed by atoms with E-state index in [1.807, 2.05) is 0 Å². The highest BCUT2D eigenvalue weighted by Crippen LogP contribution is 2.34. The van der Waals surface area contributed by atoms with Crippen molar-refractivity contribution in [1.82, 2.24) is 4.90 Å². The van der Waals surface area contributed by atoms with Gasteiger partial charge < -0.3 is 10.2 Å². The zero-order chi connectivity index (χ0) is 10.9. The molecule has 1 fully saturated rings. The number of aliphatic hydroxyl groups is 2. The van der Waals surface area contributed by atoms with Crippen molar-refractivity contribution in [3.05, 3.63) is 0 Å². The Bertz CT molecular complexity index is 194. The molecule has 0 bridgehead atoms. The van der Waals surface area contributed by atoms with Crippen LogP contribution in [0.3, 0.4) is 0 Å². The maximum absolute atomic E-state index is 9.88. The van der Waals surface area contributed by atoms with Crippen LogP contribution in [-0.2, 0) is 0 Å². The van der Waals surface area contributed by atoms with Gasteiger partial charge in [0.05, 0.1) is 12.7 Å². The van der Waals surface area contributed by atoms with Crippen molar-refractivity contribution >= 4 is 0 Å². The Labute approximate surface area is 86.7 Å². The third-order valence-corrected chi connectivity index (χ3v) is 3.69. The van der Waals surface area contributed by atoms with Gasteiger partial charge in [-0.3, -0.25) is 4.90 Å². The summed E-state index contributed by atoms with van der Waals surface area (Å²) in [5, 5.41) is 18.9. The highest BCUT2D eigenvalue weighted by molar-refractivity contribution is 4.96. The van der Waals surface area contributed by atoms with Crippen molar-refractivity contribution in [2.45, 2.75) is 51.8 Å². The molecule has 14 heavy (non-hydrogen) atoms. The molecule has 0 aliphatic carbocycles. The van der Waals surface area contributed by atoms with Crippen molar-refractivity contribution in [3.63, 3.8) is 0 Å². The lowest BCUT2D eigenvalue weighted by atomic mass is 9.79. The third kappa shape index (κ3) is 2.10. The van der Waals surface area contributed by atoms with E-state index in [9.17, 15) is 5.11 Å². The van der Waals surface area contributed by atoms with E-state index in [1.54, 1.807) is 0 Å². The Hall–Kier alpha value is -0.120. The minimum atomic E-state index is -0.213. The summed E-state index contributed by atoms with van der Waals surface area (Å²) in [6.07, 6.45) is 0.577. The van der Waals surface area contributed by atoms with Gasteiger partial charge in [-0.15, -0.1) is 0 Å². The van der Waals surface area contributed by atoms with Crippen molar-refractivity contribution in [2.24, 2.45) is 5.92 Å². The second-order valence-corrected chi connectivity index (χ2v) is 5.10. The summed E-state index contributed by atoms with van der Waals surface area (Å²) in [6, 6.07) is 0.334. The lowest BCUT2D eigenvalue weighted by molar-refractivity contribution is -0.0774. The Balaban J connectivity index is 2.79. The van der Waals surface area contributed by atoms with Crippen molar-refractivity contribution in [1.29, 1.82) is 0 Å². The van der Waals surface area contributed by atoms with Gasteiger partial charge in [-0.1, -0.05) is 6.92 Å². The molecule has 0 radical (unpaired) electrons. The first-order valence-corrected chi connectivity index (χ1v) is 5.46. The molecule has 1 aliphatic rings. The molecule has 1 saturated heterocycles. The first-order valence-electron chi connectivity index (χ1n) is 5.46. The van der Waals surface area contributed by atoms with Crippen LogP contribution in [0.25, 0.3) is 0 Å². The molecule has 3 unspecified atom stereocenters. The van der Waals surface area contributed by atoms with Gasteiger partial charge in [0.25, 0.3) is 0 Å². The third-order valence-electron chi connectivity index (χ3n) is 3.69. The van der Waals surface area contributed by atoms with Gasteiger partial charge in [0.15, 0.2) is 0 Å². The molecule has 0 saturated carbocycles. The standard InChI is InChI=1S/C11H23NO2/c1-8-9(2)12(5-6-13)11(3,4)7-10(8)14/h8-10,13-14H,5-7H2,1-4H3. The number of hydrogen-bond donors (Lipinski definition) is 2. The summed E-state index contributed by atoms with van der Waals surface area (Å²) in [7, 11) is 0. The second kappa shape index (κ2) is 4.17. The number of hydrogen-bond acceptors (Lipinski definition) is 3. The molecule has 84 valence electrons. The topological polar surface area (TPSA) is 43.7 Å². The van der Waals surface area contributed by atoms with E-state index in [0.717, 1.165) is 6.42 Å². The van der Waals surface area contributed by atoms with Gasteiger partial charge >= 0.3 is 0 Å². The molecule has 3 nitrogen and oxygen atoms in total. The molecule has 1 rings (SSSR count). The van der Waals surface area contributed by atoms with Gasteiger partial charge in [-0.25, -0.2) is 0 Å². The van der Waals surface area contributed by atoms with E-state index >= 15 is 0 Å². The van der Waals surface area contributed by atoms with Gasteiger partial charge in [0, 0.05) is 18.1 Å². The smallest absolute Gasteiger partial charge is 0.0598 e. The lowest BCUT2D eigenvalue weighted by Gasteiger charge is -2.51. The molecule has 0 aromatic carbocycles. The first-order chi connectivity index (χ1) is 6.40. The van der Waals surface area contributed by atoms with Gasteiger partial charge in [0.1, 0.15) is 0 Å². The summed E-state index contributed by atoms with van der Waals surface area (Å²) < 4.78 is 0. The largest absolute Gasteiger partial charge is 0.395 e. The second-order valence-electron chi connectivity index (χ2n) is 5.10. The Morgan fingerprint density at radius 1 is 1.36 bits per heavy atom. The first kappa shape index (κ1) is 12.0. The van der Waals surface area contributed by atoms with Crippen LogP contribution in [0.4, 0.5) is 0 Å². The molecule has 0 spiro atoms. The lowest BCUT2D eigenvalue weighted by Crippen LogP contribution is -2.60.